The van der Waals surface area contributed by atoms with Gasteiger partial charge < -0.3 is 5.73 Å². The molecule has 2 rings (SSSR count). The van der Waals surface area contributed by atoms with Crippen molar-refractivity contribution in [1.82, 2.24) is 9.78 Å². The predicted octanol–water partition coefficient (Wildman–Crippen LogP) is 4.27. The van der Waals surface area contributed by atoms with Crippen molar-refractivity contribution in [3.05, 3.63) is 39.1 Å². The van der Waals surface area contributed by atoms with E-state index in [1.54, 1.807) is 11.8 Å². The van der Waals surface area contributed by atoms with Crippen LogP contribution in [0.2, 0.25) is 5.02 Å². The van der Waals surface area contributed by atoms with Gasteiger partial charge in [0, 0.05) is 27.9 Å². The van der Waals surface area contributed by atoms with Crippen LogP contribution in [-0.2, 0) is 19.2 Å². The van der Waals surface area contributed by atoms with E-state index in [1.165, 1.54) is 0 Å². The summed E-state index contributed by atoms with van der Waals surface area (Å²) < 4.78 is 2.87. The van der Waals surface area contributed by atoms with Crippen molar-refractivity contribution in [1.29, 1.82) is 0 Å². The van der Waals surface area contributed by atoms with Crippen LogP contribution in [-0.4, -0.2) is 9.78 Å². The van der Waals surface area contributed by atoms with E-state index in [9.17, 15) is 0 Å². The maximum absolute atomic E-state index is 6.33. The zero-order chi connectivity index (χ0) is 14.0. The lowest BCUT2D eigenvalue weighted by Gasteiger charge is -2.06. The third kappa shape index (κ3) is 3.27. The number of nitrogens with zero attached hydrogens (tertiary/aromatic N) is 2. The highest BCUT2D eigenvalue weighted by Gasteiger charge is 2.13. The molecule has 0 amide bonds. The van der Waals surface area contributed by atoms with Crippen LogP contribution < -0.4 is 5.73 Å². The molecule has 0 spiro atoms. The molecule has 0 aliphatic rings. The first-order chi connectivity index (χ1) is 9.02. The Morgan fingerprint density at radius 2 is 2.21 bits per heavy atom. The lowest BCUT2D eigenvalue weighted by Crippen LogP contribution is -1.97. The van der Waals surface area contributed by atoms with Gasteiger partial charge in [-0.1, -0.05) is 34.5 Å². The number of hydrogen-bond acceptors (Lipinski definition) is 3. The van der Waals surface area contributed by atoms with Crippen LogP contribution in [0.5, 0.6) is 0 Å². The van der Waals surface area contributed by atoms with Crippen LogP contribution >= 0.6 is 39.3 Å². The predicted molar refractivity (Wildman–Crippen MR) is 85.7 cm³/mol. The molecule has 0 saturated carbocycles. The lowest BCUT2D eigenvalue weighted by atomic mass is 10.3. The second-order valence-corrected chi connectivity index (χ2v) is 6.47. The fourth-order valence-corrected chi connectivity index (χ4v) is 3.78. The van der Waals surface area contributed by atoms with Gasteiger partial charge in [-0.25, -0.2) is 0 Å². The molecule has 0 aliphatic heterocycles. The first kappa shape index (κ1) is 14.8. The molecule has 0 atom stereocenters. The molecule has 1 heterocycles. The van der Waals surface area contributed by atoms with E-state index in [0.29, 0.717) is 0 Å². The van der Waals surface area contributed by atoms with Crippen molar-refractivity contribution in [2.45, 2.75) is 24.0 Å². The van der Waals surface area contributed by atoms with E-state index in [1.807, 2.05) is 29.9 Å². The molecule has 0 fully saturated rings. The van der Waals surface area contributed by atoms with Gasteiger partial charge in [0.05, 0.1) is 16.4 Å². The number of halogens is 2. The van der Waals surface area contributed by atoms with Gasteiger partial charge in [-0.3, -0.25) is 4.68 Å². The molecule has 2 aromatic rings. The summed E-state index contributed by atoms with van der Waals surface area (Å²) in [5.41, 5.74) is 8.72. The number of thioether (sulfide) groups is 1. The summed E-state index contributed by atoms with van der Waals surface area (Å²) in [4.78, 5) is 1.05. The molecule has 2 N–H and O–H groups in total. The maximum Gasteiger partial charge on any atom is 0.0858 e. The van der Waals surface area contributed by atoms with E-state index in [0.717, 1.165) is 43.6 Å². The third-order valence-corrected chi connectivity index (χ3v) is 4.85. The fourth-order valence-electron chi connectivity index (χ4n) is 1.76. The summed E-state index contributed by atoms with van der Waals surface area (Å²) in [6, 6.07) is 5.85. The second kappa shape index (κ2) is 6.20. The smallest absolute Gasteiger partial charge is 0.0858 e. The first-order valence-electron chi connectivity index (χ1n) is 5.91. The Kier molecular flexibility index (Phi) is 4.81. The van der Waals surface area contributed by atoms with E-state index in [4.69, 9.17) is 17.3 Å². The zero-order valence-corrected chi connectivity index (χ0v) is 13.9. The Morgan fingerprint density at radius 3 is 2.84 bits per heavy atom. The van der Waals surface area contributed by atoms with Crippen LogP contribution in [0.3, 0.4) is 0 Å². The minimum absolute atomic E-state index is 0.753. The van der Waals surface area contributed by atoms with Crippen molar-refractivity contribution < 1.29 is 0 Å². The van der Waals surface area contributed by atoms with E-state index in [-0.39, 0.29) is 0 Å². The van der Waals surface area contributed by atoms with E-state index >= 15 is 0 Å². The molecular formula is C13H15BrClN3S. The average Bonchev–Trinajstić information content (AvgIpc) is 2.66. The molecule has 1 aromatic carbocycles. The summed E-state index contributed by atoms with van der Waals surface area (Å²) in [6.07, 6.45) is 0.844. The molecule has 0 unspecified atom stereocenters. The van der Waals surface area contributed by atoms with Crippen LogP contribution in [0.25, 0.3) is 0 Å². The van der Waals surface area contributed by atoms with Crippen LogP contribution in [0.1, 0.15) is 18.3 Å². The fraction of sp³-hybridized carbons (Fsp3) is 0.308. The molecular weight excluding hydrogens is 346 g/mol. The summed E-state index contributed by atoms with van der Waals surface area (Å²) >= 11 is 11.5. The molecule has 102 valence electrons. The number of rotatable bonds is 4. The number of nitrogens with two attached hydrogens (primary N) is 1. The van der Waals surface area contributed by atoms with Crippen molar-refractivity contribution in [3.63, 3.8) is 0 Å². The highest BCUT2D eigenvalue weighted by atomic mass is 79.9. The largest absolute Gasteiger partial charge is 0.398 e. The lowest BCUT2D eigenvalue weighted by molar-refractivity contribution is 0.720. The Labute approximate surface area is 130 Å². The highest BCUT2D eigenvalue weighted by Crippen LogP contribution is 2.33. The Morgan fingerprint density at radius 1 is 1.47 bits per heavy atom. The van der Waals surface area contributed by atoms with Gasteiger partial charge in [0.15, 0.2) is 0 Å². The number of aromatic nitrogens is 2. The Balaban J connectivity index is 2.19. The van der Waals surface area contributed by atoms with Gasteiger partial charge in [-0.05, 0) is 24.6 Å². The topological polar surface area (TPSA) is 43.8 Å². The van der Waals surface area contributed by atoms with Crippen molar-refractivity contribution in [3.8, 4) is 0 Å². The molecule has 0 aliphatic carbocycles. The van der Waals surface area contributed by atoms with Gasteiger partial charge in [0.1, 0.15) is 0 Å². The van der Waals surface area contributed by atoms with Gasteiger partial charge >= 0.3 is 0 Å². The second-order valence-electron chi connectivity index (χ2n) is 4.16. The molecule has 19 heavy (non-hydrogen) atoms. The minimum Gasteiger partial charge on any atom is -0.398 e. The molecule has 3 nitrogen and oxygen atoms in total. The zero-order valence-electron chi connectivity index (χ0n) is 10.8. The van der Waals surface area contributed by atoms with Gasteiger partial charge in [-0.15, -0.1) is 11.8 Å². The summed E-state index contributed by atoms with van der Waals surface area (Å²) in [5.74, 6) is 0.753. The number of nitrogen functional groups attached to an aromatic ring is 1. The Hall–Kier alpha value is -0.650. The molecule has 6 heteroatoms. The first-order valence-corrected chi connectivity index (χ1v) is 8.06. The van der Waals surface area contributed by atoms with Gasteiger partial charge in [-0.2, -0.15) is 5.10 Å². The van der Waals surface area contributed by atoms with Gasteiger partial charge in [0.2, 0.25) is 0 Å². The number of benzene rings is 1. The monoisotopic (exact) mass is 359 g/mol. The number of anilines is 1. The van der Waals surface area contributed by atoms with Crippen LogP contribution in [0, 0.1) is 0 Å². The van der Waals surface area contributed by atoms with Crippen molar-refractivity contribution in [2.24, 2.45) is 7.05 Å². The average molecular weight is 361 g/mol. The summed E-state index contributed by atoms with van der Waals surface area (Å²) in [6.45, 7) is 2.05. The van der Waals surface area contributed by atoms with Gasteiger partial charge in [0.25, 0.3) is 0 Å². The molecule has 1 aromatic heterocycles. The minimum atomic E-state index is 0.753. The highest BCUT2D eigenvalue weighted by molar-refractivity contribution is 9.10. The SMILES string of the molecule is CCc1nn(C)c(CSc2cc(Br)ccc2N)c1Cl. The summed E-state index contributed by atoms with van der Waals surface area (Å²) in [5, 5.41) is 5.18. The van der Waals surface area contributed by atoms with E-state index in [2.05, 4.69) is 28.0 Å². The summed E-state index contributed by atoms with van der Waals surface area (Å²) in [7, 11) is 1.92. The third-order valence-electron chi connectivity index (χ3n) is 2.84. The maximum atomic E-state index is 6.33. The normalized spacial score (nSPS) is 10.9. The van der Waals surface area contributed by atoms with Crippen molar-refractivity contribution >= 4 is 45.0 Å². The van der Waals surface area contributed by atoms with E-state index < -0.39 is 0 Å². The van der Waals surface area contributed by atoms with Crippen LogP contribution in [0.4, 0.5) is 5.69 Å². The Bertz CT molecular complexity index is 598. The number of hydrogen-bond donors (Lipinski definition) is 1. The quantitative estimate of drug-likeness (QED) is 0.654. The molecule has 0 bridgehead atoms. The number of aryl methyl sites for hydroxylation is 2. The van der Waals surface area contributed by atoms with Crippen molar-refractivity contribution in [2.75, 3.05) is 5.73 Å². The molecule has 0 radical (unpaired) electrons. The standard InChI is InChI=1S/C13H15BrClN3S/c1-3-10-13(15)11(18(2)17-10)7-19-12-6-8(14)4-5-9(12)16/h4-6H,3,7,16H2,1-2H3. The molecule has 0 saturated heterocycles. The van der Waals surface area contributed by atoms with Crippen LogP contribution in [0.15, 0.2) is 27.6 Å².